The standard InChI is InChI=1S/C15H20N2/c16-14-12-5-10-4-11(6-12)8-15(14,7-10)13-2-1-3-17-9-13/h1-3,9-12,14H,4-8,16H2. The molecule has 5 rings (SSSR count). The van der Waals surface area contributed by atoms with Crippen molar-refractivity contribution in [3.8, 4) is 0 Å². The lowest BCUT2D eigenvalue weighted by molar-refractivity contribution is -0.0248. The molecule has 1 aromatic rings. The van der Waals surface area contributed by atoms with Crippen molar-refractivity contribution in [1.29, 1.82) is 0 Å². The fraction of sp³-hybridized carbons (Fsp3) is 0.667. The lowest BCUT2D eigenvalue weighted by Crippen LogP contribution is -2.61. The largest absolute Gasteiger partial charge is 0.327 e. The first kappa shape index (κ1) is 10.1. The molecule has 0 spiro atoms. The Bertz CT molecular complexity index is 414. The summed E-state index contributed by atoms with van der Waals surface area (Å²) in [6.45, 7) is 0. The van der Waals surface area contributed by atoms with Gasteiger partial charge in [0.25, 0.3) is 0 Å². The zero-order valence-electron chi connectivity index (χ0n) is 10.2. The Balaban J connectivity index is 1.81. The van der Waals surface area contributed by atoms with Gasteiger partial charge >= 0.3 is 0 Å². The second-order valence-corrected chi connectivity index (χ2v) is 6.53. The van der Waals surface area contributed by atoms with Crippen molar-refractivity contribution in [1.82, 2.24) is 4.98 Å². The normalized spacial score (nSPS) is 47.4. The second-order valence-electron chi connectivity index (χ2n) is 6.53. The Morgan fingerprint density at radius 2 is 1.94 bits per heavy atom. The van der Waals surface area contributed by atoms with Crippen LogP contribution in [0.2, 0.25) is 0 Å². The molecule has 0 aliphatic heterocycles. The lowest BCUT2D eigenvalue weighted by atomic mass is 9.46. The van der Waals surface area contributed by atoms with Gasteiger partial charge in [0.15, 0.2) is 0 Å². The molecule has 17 heavy (non-hydrogen) atoms. The molecule has 3 atom stereocenters. The Kier molecular flexibility index (Phi) is 1.97. The molecule has 4 aliphatic carbocycles. The van der Waals surface area contributed by atoms with E-state index in [0.29, 0.717) is 6.04 Å². The van der Waals surface area contributed by atoms with Gasteiger partial charge in [-0.15, -0.1) is 0 Å². The minimum absolute atomic E-state index is 0.267. The Hall–Kier alpha value is -0.890. The molecular weight excluding hydrogens is 208 g/mol. The van der Waals surface area contributed by atoms with E-state index in [-0.39, 0.29) is 5.41 Å². The first-order chi connectivity index (χ1) is 8.28. The van der Waals surface area contributed by atoms with Crippen LogP contribution in [0.4, 0.5) is 0 Å². The first-order valence-electron chi connectivity index (χ1n) is 6.94. The molecular formula is C15H20N2. The van der Waals surface area contributed by atoms with Crippen molar-refractivity contribution in [2.24, 2.45) is 23.5 Å². The summed E-state index contributed by atoms with van der Waals surface area (Å²) in [7, 11) is 0. The summed E-state index contributed by atoms with van der Waals surface area (Å²) < 4.78 is 0. The van der Waals surface area contributed by atoms with Crippen LogP contribution >= 0.6 is 0 Å². The summed E-state index contributed by atoms with van der Waals surface area (Å²) in [5, 5.41) is 0. The van der Waals surface area contributed by atoms with Crippen LogP contribution in [0.5, 0.6) is 0 Å². The molecule has 0 aromatic carbocycles. The van der Waals surface area contributed by atoms with Crippen molar-refractivity contribution >= 4 is 0 Å². The average Bonchev–Trinajstić information content (AvgIpc) is 2.36. The molecule has 2 N–H and O–H groups in total. The minimum atomic E-state index is 0.267. The molecule has 3 unspecified atom stereocenters. The fourth-order valence-corrected chi connectivity index (χ4v) is 5.17. The molecule has 0 amide bonds. The molecule has 4 saturated carbocycles. The maximum absolute atomic E-state index is 6.61. The highest BCUT2D eigenvalue weighted by molar-refractivity contribution is 5.30. The van der Waals surface area contributed by atoms with Gasteiger partial charge in [-0.05, 0) is 61.5 Å². The summed E-state index contributed by atoms with van der Waals surface area (Å²) >= 11 is 0. The monoisotopic (exact) mass is 228 g/mol. The van der Waals surface area contributed by atoms with E-state index in [2.05, 4.69) is 23.3 Å². The highest BCUT2D eigenvalue weighted by atomic mass is 14.8. The van der Waals surface area contributed by atoms with E-state index < -0.39 is 0 Å². The highest BCUT2D eigenvalue weighted by Gasteiger charge is 2.56. The zero-order chi connectivity index (χ0) is 11.5. The number of pyridine rings is 1. The third kappa shape index (κ3) is 1.28. The van der Waals surface area contributed by atoms with E-state index in [1.54, 1.807) is 0 Å². The van der Waals surface area contributed by atoms with Gasteiger partial charge in [0.05, 0.1) is 0 Å². The average molecular weight is 228 g/mol. The first-order valence-corrected chi connectivity index (χ1v) is 6.94. The van der Waals surface area contributed by atoms with Crippen LogP contribution in [0.3, 0.4) is 0 Å². The molecule has 1 aromatic heterocycles. The van der Waals surface area contributed by atoms with E-state index in [0.717, 1.165) is 17.8 Å². The molecule has 0 radical (unpaired) electrons. The van der Waals surface area contributed by atoms with Gasteiger partial charge < -0.3 is 5.73 Å². The summed E-state index contributed by atoms with van der Waals surface area (Å²) in [6, 6.07) is 4.69. The fourth-order valence-electron chi connectivity index (χ4n) is 5.17. The van der Waals surface area contributed by atoms with E-state index in [4.69, 9.17) is 5.73 Å². The Morgan fingerprint density at radius 3 is 2.59 bits per heavy atom. The van der Waals surface area contributed by atoms with Crippen LogP contribution in [0, 0.1) is 17.8 Å². The molecule has 2 nitrogen and oxygen atoms in total. The van der Waals surface area contributed by atoms with Crippen LogP contribution in [0.15, 0.2) is 24.5 Å². The predicted octanol–water partition coefficient (Wildman–Crippen LogP) is 2.49. The molecule has 0 saturated heterocycles. The number of hydrogen-bond donors (Lipinski definition) is 1. The van der Waals surface area contributed by atoms with E-state index in [1.807, 2.05) is 6.20 Å². The van der Waals surface area contributed by atoms with Gasteiger partial charge in [-0.2, -0.15) is 0 Å². The molecule has 4 aliphatic rings. The van der Waals surface area contributed by atoms with Gasteiger partial charge in [-0.1, -0.05) is 6.07 Å². The van der Waals surface area contributed by atoms with E-state index >= 15 is 0 Å². The van der Waals surface area contributed by atoms with Crippen molar-refractivity contribution in [2.45, 2.75) is 43.6 Å². The van der Waals surface area contributed by atoms with Crippen molar-refractivity contribution in [3.05, 3.63) is 30.1 Å². The van der Waals surface area contributed by atoms with Gasteiger partial charge in [-0.3, -0.25) is 4.98 Å². The maximum atomic E-state index is 6.61. The molecule has 4 fully saturated rings. The second kappa shape index (κ2) is 3.32. The third-order valence-electron chi connectivity index (χ3n) is 5.63. The summed E-state index contributed by atoms with van der Waals surface area (Å²) in [5.74, 6) is 2.65. The van der Waals surface area contributed by atoms with Crippen molar-refractivity contribution < 1.29 is 0 Å². The third-order valence-corrected chi connectivity index (χ3v) is 5.63. The highest BCUT2D eigenvalue weighted by Crippen LogP contribution is 2.59. The number of nitrogens with two attached hydrogens (primary N) is 1. The predicted molar refractivity (Wildman–Crippen MR) is 67.4 cm³/mol. The van der Waals surface area contributed by atoms with Crippen molar-refractivity contribution in [3.63, 3.8) is 0 Å². The van der Waals surface area contributed by atoms with Gasteiger partial charge in [0.1, 0.15) is 0 Å². The number of nitrogens with zero attached hydrogens (tertiary/aromatic N) is 1. The molecule has 2 heteroatoms. The Labute approximate surface area is 103 Å². The van der Waals surface area contributed by atoms with Crippen LogP contribution in [-0.2, 0) is 5.41 Å². The van der Waals surface area contributed by atoms with Crippen molar-refractivity contribution in [2.75, 3.05) is 0 Å². The summed E-state index contributed by atoms with van der Waals surface area (Å²) in [4.78, 5) is 4.32. The van der Waals surface area contributed by atoms with Gasteiger partial charge in [-0.25, -0.2) is 0 Å². The zero-order valence-corrected chi connectivity index (χ0v) is 10.2. The van der Waals surface area contributed by atoms with Crippen LogP contribution in [-0.4, -0.2) is 11.0 Å². The molecule has 1 heterocycles. The topological polar surface area (TPSA) is 38.9 Å². The number of aromatic nitrogens is 1. The number of rotatable bonds is 1. The smallest absolute Gasteiger partial charge is 0.0306 e. The van der Waals surface area contributed by atoms with Crippen LogP contribution in [0.1, 0.15) is 37.7 Å². The van der Waals surface area contributed by atoms with E-state index in [9.17, 15) is 0 Å². The lowest BCUT2D eigenvalue weighted by Gasteiger charge is -2.60. The van der Waals surface area contributed by atoms with Gasteiger partial charge in [0.2, 0.25) is 0 Å². The van der Waals surface area contributed by atoms with Crippen LogP contribution in [0.25, 0.3) is 0 Å². The minimum Gasteiger partial charge on any atom is -0.327 e. The molecule has 4 bridgehead atoms. The van der Waals surface area contributed by atoms with Gasteiger partial charge in [0, 0.05) is 23.9 Å². The van der Waals surface area contributed by atoms with E-state index in [1.165, 1.54) is 37.7 Å². The summed E-state index contributed by atoms with van der Waals surface area (Å²) in [5.41, 5.74) is 8.28. The summed E-state index contributed by atoms with van der Waals surface area (Å²) in [6.07, 6.45) is 10.8. The number of hydrogen-bond acceptors (Lipinski definition) is 2. The Morgan fingerprint density at radius 1 is 1.18 bits per heavy atom. The SMILES string of the molecule is NC1C2CC3CC(C2)CC1(c1cccnc1)C3. The maximum Gasteiger partial charge on any atom is 0.0306 e. The quantitative estimate of drug-likeness (QED) is 0.802. The molecule has 90 valence electrons. The van der Waals surface area contributed by atoms with Crippen LogP contribution < -0.4 is 5.73 Å².